The summed E-state index contributed by atoms with van der Waals surface area (Å²) < 4.78 is 9.83. The number of piperidine rings is 1. The van der Waals surface area contributed by atoms with Crippen molar-refractivity contribution in [3.05, 3.63) is 5.82 Å². The number of rotatable bonds is 4. The summed E-state index contributed by atoms with van der Waals surface area (Å²) in [6.45, 7) is 3.35. The van der Waals surface area contributed by atoms with Crippen molar-refractivity contribution in [3.8, 4) is 0 Å². The summed E-state index contributed by atoms with van der Waals surface area (Å²) in [6.07, 6.45) is 6.19. The fourth-order valence-electron chi connectivity index (χ4n) is 3.36. The van der Waals surface area contributed by atoms with Gasteiger partial charge in [0, 0.05) is 55.7 Å². The topological polar surface area (TPSA) is 67.3 Å². The number of ether oxygens (including phenoxy) is 1. The molecule has 3 heterocycles. The van der Waals surface area contributed by atoms with Crippen LogP contribution in [0.5, 0.6) is 0 Å². The van der Waals surface area contributed by atoms with Crippen LogP contribution in [0.2, 0.25) is 0 Å². The van der Waals surface area contributed by atoms with Crippen molar-refractivity contribution >= 4 is 22.6 Å². The molecule has 1 amide bonds. The molecule has 1 aliphatic carbocycles. The first-order valence-corrected chi connectivity index (χ1v) is 9.53. The van der Waals surface area contributed by atoms with E-state index in [1.807, 2.05) is 0 Å². The molecule has 4 rings (SSSR count). The molecule has 2 aliphatic heterocycles. The average Bonchev–Trinajstić information content (AvgIpc) is 3.33. The van der Waals surface area contributed by atoms with Crippen LogP contribution in [0.3, 0.4) is 0 Å². The van der Waals surface area contributed by atoms with Crippen LogP contribution < -0.4 is 10.2 Å². The lowest BCUT2D eigenvalue weighted by molar-refractivity contribution is -0.126. The van der Waals surface area contributed by atoms with Crippen molar-refractivity contribution in [3.63, 3.8) is 0 Å². The molecule has 3 fully saturated rings. The number of amides is 1. The Morgan fingerprint density at radius 2 is 1.87 bits per heavy atom. The third-order valence-electron chi connectivity index (χ3n) is 5.08. The maximum Gasteiger partial charge on any atom is 0.223 e. The average molecular weight is 336 g/mol. The first-order valence-electron chi connectivity index (χ1n) is 8.76. The molecule has 0 aromatic carbocycles. The molecule has 1 N–H and O–H groups in total. The monoisotopic (exact) mass is 336 g/mol. The van der Waals surface area contributed by atoms with Gasteiger partial charge in [0.15, 0.2) is 0 Å². The van der Waals surface area contributed by atoms with E-state index in [0.29, 0.717) is 12.0 Å². The van der Waals surface area contributed by atoms with Gasteiger partial charge in [-0.25, -0.2) is 4.98 Å². The van der Waals surface area contributed by atoms with Gasteiger partial charge in [-0.2, -0.15) is 4.37 Å². The summed E-state index contributed by atoms with van der Waals surface area (Å²) in [5, 5.41) is 4.24. The zero-order valence-corrected chi connectivity index (χ0v) is 14.2. The highest BCUT2D eigenvalue weighted by Crippen LogP contribution is 2.40. The van der Waals surface area contributed by atoms with Crippen LogP contribution in [0.25, 0.3) is 0 Å². The summed E-state index contributed by atoms with van der Waals surface area (Å²) in [4.78, 5) is 19.4. The van der Waals surface area contributed by atoms with E-state index >= 15 is 0 Å². The highest BCUT2D eigenvalue weighted by molar-refractivity contribution is 7.09. The highest BCUT2D eigenvalue weighted by atomic mass is 32.1. The van der Waals surface area contributed by atoms with E-state index in [2.05, 4.69) is 19.6 Å². The maximum atomic E-state index is 12.4. The first-order chi connectivity index (χ1) is 11.3. The quantitative estimate of drug-likeness (QED) is 0.910. The Hall–Kier alpha value is -1.21. The number of aromatic nitrogens is 2. The molecule has 7 heteroatoms. The van der Waals surface area contributed by atoms with E-state index in [-0.39, 0.29) is 11.8 Å². The second kappa shape index (κ2) is 6.73. The Labute approximate surface area is 140 Å². The second-order valence-electron chi connectivity index (χ2n) is 6.87. The van der Waals surface area contributed by atoms with Crippen LogP contribution >= 0.6 is 11.5 Å². The molecule has 0 bridgehead atoms. The van der Waals surface area contributed by atoms with Gasteiger partial charge in [0.25, 0.3) is 0 Å². The predicted molar refractivity (Wildman–Crippen MR) is 88.8 cm³/mol. The lowest BCUT2D eigenvalue weighted by Crippen LogP contribution is -2.45. The van der Waals surface area contributed by atoms with Crippen LogP contribution in [-0.2, 0) is 9.53 Å². The van der Waals surface area contributed by atoms with Gasteiger partial charge >= 0.3 is 0 Å². The van der Waals surface area contributed by atoms with Crippen LogP contribution in [0.1, 0.15) is 50.3 Å². The molecule has 23 heavy (non-hydrogen) atoms. The lowest BCUT2D eigenvalue weighted by atomic mass is 9.95. The molecule has 2 saturated heterocycles. The fourth-order valence-corrected chi connectivity index (χ4v) is 4.15. The SMILES string of the molecule is O=C(NC1CCOCC1)C1CCN(c2nc(C3CC3)ns2)CC1. The Balaban J connectivity index is 1.27. The third-order valence-corrected chi connectivity index (χ3v) is 5.87. The standard InChI is InChI=1S/C16H24N4O2S/c21-15(17-13-5-9-22-10-6-13)12-3-7-20(8-4-12)16-18-14(19-23-16)11-1-2-11/h11-13H,1-10H2,(H,17,21). The minimum atomic E-state index is 0.143. The molecule has 1 aromatic rings. The number of carbonyl (C=O) groups excluding carboxylic acids is 1. The predicted octanol–water partition coefficient (Wildman–Crippen LogP) is 1.93. The van der Waals surface area contributed by atoms with E-state index in [4.69, 9.17) is 4.74 Å². The Morgan fingerprint density at radius 3 is 2.57 bits per heavy atom. The molecule has 126 valence electrons. The van der Waals surface area contributed by atoms with Crippen molar-refractivity contribution in [2.75, 3.05) is 31.2 Å². The fraction of sp³-hybridized carbons (Fsp3) is 0.812. The molecule has 0 radical (unpaired) electrons. The molecule has 0 atom stereocenters. The first kappa shape index (κ1) is 15.3. The highest BCUT2D eigenvalue weighted by Gasteiger charge is 2.31. The smallest absolute Gasteiger partial charge is 0.223 e. The van der Waals surface area contributed by atoms with E-state index in [1.54, 1.807) is 0 Å². The van der Waals surface area contributed by atoms with E-state index in [1.165, 1.54) is 24.4 Å². The van der Waals surface area contributed by atoms with Gasteiger partial charge in [0.2, 0.25) is 11.0 Å². The Morgan fingerprint density at radius 1 is 1.13 bits per heavy atom. The van der Waals surface area contributed by atoms with E-state index in [9.17, 15) is 4.79 Å². The molecule has 0 unspecified atom stereocenters. The normalized spacial score (nSPS) is 23.9. The molecule has 6 nitrogen and oxygen atoms in total. The van der Waals surface area contributed by atoms with Crippen LogP contribution in [0.15, 0.2) is 0 Å². The summed E-state index contributed by atoms with van der Waals surface area (Å²) in [5.74, 6) is 2.02. The van der Waals surface area contributed by atoms with E-state index < -0.39 is 0 Å². The van der Waals surface area contributed by atoms with Gasteiger partial charge in [-0.05, 0) is 38.5 Å². The van der Waals surface area contributed by atoms with Gasteiger partial charge in [0.1, 0.15) is 5.82 Å². The molecular formula is C16H24N4O2S. The van der Waals surface area contributed by atoms with Gasteiger partial charge in [-0.3, -0.25) is 4.79 Å². The van der Waals surface area contributed by atoms with Crippen molar-refractivity contribution in [1.82, 2.24) is 14.7 Å². The molecular weight excluding hydrogens is 312 g/mol. The summed E-state index contributed by atoms with van der Waals surface area (Å²) in [6, 6.07) is 0.304. The van der Waals surface area contributed by atoms with Crippen LogP contribution in [0.4, 0.5) is 5.13 Å². The van der Waals surface area contributed by atoms with Gasteiger partial charge in [-0.1, -0.05) is 0 Å². The third kappa shape index (κ3) is 3.66. The molecule has 1 aromatic heterocycles. The minimum Gasteiger partial charge on any atom is -0.381 e. The number of nitrogens with one attached hydrogen (secondary N) is 1. The number of hydrogen-bond donors (Lipinski definition) is 1. The largest absolute Gasteiger partial charge is 0.381 e. The molecule has 3 aliphatic rings. The molecule has 0 spiro atoms. The zero-order chi connectivity index (χ0) is 15.6. The van der Waals surface area contributed by atoms with Crippen molar-refractivity contribution in [1.29, 1.82) is 0 Å². The maximum absolute atomic E-state index is 12.4. The van der Waals surface area contributed by atoms with Gasteiger partial charge in [0.05, 0.1) is 0 Å². The lowest BCUT2D eigenvalue weighted by Gasteiger charge is -2.32. The zero-order valence-electron chi connectivity index (χ0n) is 13.4. The number of hydrogen-bond acceptors (Lipinski definition) is 6. The van der Waals surface area contributed by atoms with Crippen molar-refractivity contribution in [2.45, 2.75) is 50.5 Å². The van der Waals surface area contributed by atoms with Crippen molar-refractivity contribution in [2.24, 2.45) is 5.92 Å². The van der Waals surface area contributed by atoms with Gasteiger partial charge < -0.3 is 15.0 Å². The minimum absolute atomic E-state index is 0.143. The summed E-state index contributed by atoms with van der Waals surface area (Å²) >= 11 is 1.51. The Kier molecular flexibility index (Phi) is 4.48. The number of nitrogens with zero attached hydrogens (tertiary/aromatic N) is 3. The van der Waals surface area contributed by atoms with Crippen molar-refractivity contribution < 1.29 is 9.53 Å². The summed E-state index contributed by atoms with van der Waals surface area (Å²) in [7, 11) is 0. The van der Waals surface area contributed by atoms with Crippen LogP contribution in [0, 0.1) is 5.92 Å². The summed E-state index contributed by atoms with van der Waals surface area (Å²) in [5.41, 5.74) is 0. The second-order valence-corrected chi connectivity index (χ2v) is 7.60. The van der Waals surface area contributed by atoms with E-state index in [0.717, 1.165) is 62.9 Å². The number of carbonyl (C=O) groups is 1. The Bertz CT molecular complexity index is 546. The van der Waals surface area contributed by atoms with Crippen LogP contribution in [-0.4, -0.2) is 47.6 Å². The van der Waals surface area contributed by atoms with Gasteiger partial charge in [-0.15, -0.1) is 0 Å². The molecule has 1 saturated carbocycles. The number of anilines is 1.